The number of rotatable bonds is 7. The molecule has 1 saturated heterocycles. The first kappa shape index (κ1) is 33.2. The second-order valence-corrected chi connectivity index (χ2v) is 15.6. The summed E-state index contributed by atoms with van der Waals surface area (Å²) in [6.07, 6.45) is 7.18. The molecule has 0 bridgehead atoms. The summed E-state index contributed by atoms with van der Waals surface area (Å²) in [6.45, 7) is 4.77. The Bertz CT molecular complexity index is 1390. The molecule has 258 valence electrons. The van der Waals surface area contributed by atoms with E-state index in [1.807, 2.05) is 18.3 Å². The van der Waals surface area contributed by atoms with Gasteiger partial charge in [-0.05, 0) is 106 Å². The molecule has 2 aliphatic heterocycles. The highest BCUT2D eigenvalue weighted by molar-refractivity contribution is 5.85. The Kier molecular flexibility index (Phi) is 8.62. The smallest absolute Gasteiger partial charge is 0.331 e. The van der Waals surface area contributed by atoms with Crippen LogP contribution in [0.5, 0.6) is 5.75 Å². The molecule has 1 aromatic rings. The molecule has 0 aromatic heterocycles. The van der Waals surface area contributed by atoms with Crippen molar-refractivity contribution in [2.75, 3.05) is 13.2 Å². The van der Waals surface area contributed by atoms with E-state index in [0.29, 0.717) is 58.1 Å². The molecule has 10 nitrogen and oxygen atoms in total. The van der Waals surface area contributed by atoms with Crippen molar-refractivity contribution in [1.82, 2.24) is 0 Å². The molecule has 5 N–H and O–H groups in total. The first-order valence-electron chi connectivity index (χ1n) is 17.7. The highest BCUT2D eigenvalue weighted by atomic mass is 16.7. The lowest BCUT2D eigenvalue weighted by molar-refractivity contribution is -0.282. The summed E-state index contributed by atoms with van der Waals surface area (Å²) in [7, 11) is 0. The van der Waals surface area contributed by atoms with Crippen molar-refractivity contribution in [1.29, 1.82) is 0 Å². The van der Waals surface area contributed by atoms with Gasteiger partial charge in [-0.25, -0.2) is 4.79 Å². The predicted molar refractivity (Wildman–Crippen MR) is 173 cm³/mol. The fraction of sp³-hybridized carbons (Fsp3) is 0.730. The van der Waals surface area contributed by atoms with Crippen LogP contribution in [0.1, 0.15) is 83.6 Å². The number of ether oxygens (including phenoxy) is 3. The van der Waals surface area contributed by atoms with Crippen molar-refractivity contribution in [3.05, 3.63) is 41.5 Å². The second kappa shape index (κ2) is 12.2. The van der Waals surface area contributed by atoms with E-state index in [4.69, 9.17) is 19.2 Å². The molecule has 8 unspecified atom stereocenters. The Morgan fingerprint density at radius 1 is 1.02 bits per heavy atom. The van der Waals surface area contributed by atoms with Gasteiger partial charge in [0.1, 0.15) is 18.5 Å². The van der Waals surface area contributed by atoms with Gasteiger partial charge in [0.15, 0.2) is 6.29 Å². The summed E-state index contributed by atoms with van der Waals surface area (Å²) >= 11 is 0. The van der Waals surface area contributed by atoms with Crippen molar-refractivity contribution in [2.24, 2.45) is 33.6 Å². The highest BCUT2D eigenvalue weighted by Gasteiger charge is 2.71. The monoisotopic (exact) mass is 653 g/mol. The van der Waals surface area contributed by atoms with Crippen LogP contribution in [0.4, 0.5) is 0 Å². The minimum absolute atomic E-state index is 0.0228. The summed E-state index contributed by atoms with van der Waals surface area (Å²) in [5.74, 6) is 0.0225. The number of carbonyl (C=O) groups is 1. The van der Waals surface area contributed by atoms with Crippen molar-refractivity contribution in [3.8, 4) is 5.75 Å². The number of hydrogen-bond donors (Lipinski definition) is 5. The van der Waals surface area contributed by atoms with Crippen molar-refractivity contribution in [3.63, 3.8) is 0 Å². The van der Waals surface area contributed by atoms with E-state index in [2.05, 4.69) is 6.92 Å². The molecule has 4 aliphatic carbocycles. The fourth-order valence-corrected chi connectivity index (χ4v) is 10.9. The topological polar surface area (TPSA) is 158 Å². The molecule has 2 heterocycles. The van der Waals surface area contributed by atoms with Crippen LogP contribution < -0.4 is 0 Å². The third-order valence-electron chi connectivity index (χ3n) is 13.4. The number of aliphatic imine (C=N–C) groups is 1. The third kappa shape index (κ3) is 5.47. The maximum Gasteiger partial charge on any atom is 0.331 e. The summed E-state index contributed by atoms with van der Waals surface area (Å²) in [5, 5.41) is 55.7. The maximum absolute atomic E-state index is 12.7. The summed E-state index contributed by atoms with van der Waals surface area (Å²) < 4.78 is 17.6. The van der Waals surface area contributed by atoms with Crippen molar-refractivity contribution >= 4 is 12.2 Å². The zero-order valence-corrected chi connectivity index (χ0v) is 27.6. The van der Waals surface area contributed by atoms with Gasteiger partial charge in [0.25, 0.3) is 0 Å². The molecule has 6 aliphatic rings. The zero-order valence-electron chi connectivity index (χ0n) is 27.6. The minimum Gasteiger partial charge on any atom is -0.508 e. The van der Waals surface area contributed by atoms with E-state index < -0.39 is 41.2 Å². The molecule has 0 radical (unpaired) electrons. The Balaban J connectivity index is 1.15. The molecule has 12 atom stereocenters. The number of nitrogens with zero attached hydrogens (tertiary/aromatic N) is 1. The van der Waals surface area contributed by atoms with Crippen molar-refractivity contribution in [2.45, 2.75) is 126 Å². The highest BCUT2D eigenvalue weighted by Crippen LogP contribution is 2.70. The molecular weight excluding hydrogens is 602 g/mol. The average Bonchev–Trinajstić information content (AvgIpc) is 3.58. The lowest BCUT2D eigenvalue weighted by Gasteiger charge is -2.66. The van der Waals surface area contributed by atoms with Crippen LogP contribution in [0.15, 0.2) is 40.9 Å². The van der Waals surface area contributed by atoms with E-state index in [1.165, 1.54) is 0 Å². The lowest BCUT2D eigenvalue weighted by Crippen LogP contribution is -2.69. The maximum atomic E-state index is 12.7. The number of cyclic esters (lactones) is 1. The van der Waals surface area contributed by atoms with Gasteiger partial charge in [-0.2, -0.15) is 0 Å². The van der Waals surface area contributed by atoms with Crippen LogP contribution in [-0.4, -0.2) is 92.8 Å². The summed E-state index contributed by atoms with van der Waals surface area (Å²) in [4.78, 5) is 17.0. The van der Waals surface area contributed by atoms with Crippen LogP contribution in [0, 0.1) is 28.6 Å². The van der Waals surface area contributed by atoms with Gasteiger partial charge in [-0.3, -0.25) is 4.99 Å². The Hall–Kier alpha value is -2.34. The molecule has 1 aromatic carbocycles. The SMILES string of the molecule is CC1OC(OC2CC[C@]3(C=NCCc4ccc(O)cc4)[C@H]4CC[C@]5(C)[C@H](C6=CC(=O)OC6)CCC5(O)C4CCC3(O)C2)CC(O)C1O. The number of aromatic hydroxyl groups is 1. The Morgan fingerprint density at radius 2 is 1.79 bits per heavy atom. The first-order chi connectivity index (χ1) is 22.4. The molecule has 47 heavy (non-hydrogen) atoms. The van der Waals surface area contributed by atoms with Gasteiger partial charge in [-0.1, -0.05) is 19.1 Å². The number of carbonyl (C=O) groups excluding carboxylic acids is 1. The van der Waals surface area contributed by atoms with Gasteiger partial charge in [-0.15, -0.1) is 0 Å². The number of phenols is 1. The van der Waals surface area contributed by atoms with Gasteiger partial charge >= 0.3 is 5.97 Å². The Morgan fingerprint density at radius 3 is 2.51 bits per heavy atom. The Labute approximate surface area is 276 Å². The molecule has 0 spiro atoms. The number of aliphatic hydroxyl groups is 4. The standard InChI is InChI=1S/C37H51NO9/c1-22-33(42)30(40)18-32(46-22)47-26-7-13-35(21-38-16-11-23-3-5-25(39)6-4-23)28-8-12-34(2)27(24-17-31(41)45-20-24)10-15-37(34,44)29(28)9-14-36(35,43)19-26/h3-6,17,21-22,26-30,32-33,39-40,42-44H,7-16,18-20H2,1-2H3/t22?,26?,27-,28-,29?,30?,32?,33?,34+,35-,36?,37?/m0/s1. The van der Waals surface area contributed by atoms with Gasteiger partial charge in [0.05, 0.1) is 29.5 Å². The van der Waals surface area contributed by atoms with Crippen LogP contribution >= 0.6 is 0 Å². The molecule has 4 saturated carbocycles. The number of fused-ring (bicyclic) bond motifs is 5. The first-order valence-corrected chi connectivity index (χ1v) is 17.7. The van der Waals surface area contributed by atoms with Crippen molar-refractivity contribution < 1.29 is 44.5 Å². The van der Waals surface area contributed by atoms with E-state index in [1.54, 1.807) is 25.1 Å². The van der Waals surface area contributed by atoms with Crippen LogP contribution in [0.2, 0.25) is 0 Å². The van der Waals surface area contributed by atoms with E-state index in [-0.39, 0.29) is 47.4 Å². The summed E-state index contributed by atoms with van der Waals surface area (Å²) in [6, 6.07) is 7.15. The van der Waals surface area contributed by atoms with Gasteiger partial charge < -0.3 is 39.7 Å². The lowest BCUT2D eigenvalue weighted by atomic mass is 9.41. The normalized spacial score (nSPS) is 46.4. The minimum atomic E-state index is -1.10. The quantitative estimate of drug-likeness (QED) is 0.168. The zero-order chi connectivity index (χ0) is 33.2. The molecule has 10 heteroatoms. The molecular formula is C37H51NO9. The fourth-order valence-electron chi connectivity index (χ4n) is 10.9. The van der Waals surface area contributed by atoms with Crippen LogP contribution in [0.25, 0.3) is 0 Å². The van der Waals surface area contributed by atoms with E-state index in [0.717, 1.165) is 30.4 Å². The number of aliphatic hydroxyl groups excluding tert-OH is 2. The molecule has 7 rings (SSSR count). The summed E-state index contributed by atoms with van der Waals surface area (Å²) in [5.41, 5.74) is -1.00. The van der Waals surface area contributed by atoms with E-state index in [9.17, 15) is 30.3 Å². The van der Waals surface area contributed by atoms with Gasteiger partial charge in [0.2, 0.25) is 0 Å². The van der Waals surface area contributed by atoms with Crippen LogP contribution in [0.3, 0.4) is 0 Å². The molecule has 5 fully saturated rings. The average molecular weight is 654 g/mol. The van der Waals surface area contributed by atoms with Gasteiger partial charge in [0, 0.05) is 42.5 Å². The van der Waals surface area contributed by atoms with E-state index >= 15 is 0 Å². The number of hydrogen-bond acceptors (Lipinski definition) is 10. The predicted octanol–water partition coefficient (Wildman–Crippen LogP) is 3.60. The number of esters is 1. The third-order valence-corrected chi connectivity index (χ3v) is 13.4. The largest absolute Gasteiger partial charge is 0.508 e. The number of phenolic OH excluding ortho intramolecular Hbond substituents is 1. The second-order valence-electron chi connectivity index (χ2n) is 15.6. The molecule has 0 amide bonds. The number of benzene rings is 1. The van der Waals surface area contributed by atoms with Crippen LogP contribution in [-0.2, 0) is 25.4 Å².